The molecule has 3 aromatic rings. The van der Waals surface area contributed by atoms with Gasteiger partial charge < -0.3 is 9.15 Å². The molecule has 0 aliphatic carbocycles. The normalized spacial score (nSPS) is 11.4. The highest BCUT2D eigenvalue weighted by atomic mass is 35.5. The summed E-state index contributed by atoms with van der Waals surface area (Å²) in [5.41, 5.74) is 2.90. The zero-order chi connectivity index (χ0) is 17.6. The third kappa shape index (κ3) is 4.31. The van der Waals surface area contributed by atoms with Crippen molar-refractivity contribution >= 4 is 11.6 Å². The molecule has 0 bridgehead atoms. The number of benzene rings is 1. The number of aromatic nitrogens is 2. The van der Waals surface area contributed by atoms with Gasteiger partial charge in [0.2, 0.25) is 0 Å². The molecule has 2 aromatic heterocycles. The lowest BCUT2D eigenvalue weighted by atomic mass is 10.2. The van der Waals surface area contributed by atoms with Gasteiger partial charge in [-0.3, -0.25) is 4.90 Å². The Bertz CT molecular complexity index is 785. The van der Waals surface area contributed by atoms with E-state index in [0.717, 1.165) is 29.2 Å². The first-order chi connectivity index (χ1) is 12.2. The molecule has 1 aromatic carbocycles. The summed E-state index contributed by atoms with van der Waals surface area (Å²) in [7, 11) is 1.71. The van der Waals surface area contributed by atoms with Crippen LogP contribution < -0.4 is 0 Å². The molecule has 25 heavy (non-hydrogen) atoms. The lowest BCUT2D eigenvalue weighted by molar-refractivity contribution is 0.135. The fourth-order valence-corrected chi connectivity index (χ4v) is 3.06. The van der Waals surface area contributed by atoms with Gasteiger partial charge in [0, 0.05) is 25.8 Å². The maximum atomic E-state index is 6.64. The number of methoxy groups -OCH3 is 1. The SMILES string of the molecule is COCCN(Cc1ccco1)Cc1c(C)nn(-c2ccccc2)c1Cl. The highest BCUT2D eigenvalue weighted by Gasteiger charge is 2.18. The van der Waals surface area contributed by atoms with Crippen LogP contribution in [0.25, 0.3) is 5.69 Å². The molecular formula is C19H22ClN3O2. The molecule has 0 aliphatic rings. The molecule has 132 valence electrons. The zero-order valence-electron chi connectivity index (χ0n) is 14.5. The summed E-state index contributed by atoms with van der Waals surface area (Å²) in [5, 5.41) is 5.26. The van der Waals surface area contributed by atoms with E-state index in [-0.39, 0.29) is 0 Å². The molecule has 0 spiro atoms. The van der Waals surface area contributed by atoms with E-state index in [0.29, 0.717) is 24.8 Å². The highest BCUT2D eigenvalue weighted by Crippen LogP contribution is 2.25. The summed E-state index contributed by atoms with van der Waals surface area (Å²) in [5.74, 6) is 0.917. The minimum absolute atomic E-state index is 0.643. The van der Waals surface area contributed by atoms with Gasteiger partial charge in [-0.25, -0.2) is 4.68 Å². The fraction of sp³-hybridized carbons (Fsp3) is 0.316. The van der Waals surface area contributed by atoms with Crippen molar-refractivity contribution in [1.82, 2.24) is 14.7 Å². The zero-order valence-corrected chi connectivity index (χ0v) is 15.2. The minimum Gasteiger partial charge on any atom is -0.468 e. The molecule has 2 heterocycles. The van der Waals surface area contributed by atoms with Gasteiger partial charge in [-0.15, -0.1) is 0 Å². The number of hydrogen-bond acceptors (Lipinski definition) is 4. The van der Waals surface area contributed by atoms with Crippen LogP contribution in [0.15, 0.2) is 53.1 Å². The fourth-order valence-electron chi connectivity index (χ4n) is 2.73. The van der Waals surface area contributed by atoms with E-state index in [1.54, 1.807) is 18.1 Å². The Morgan fingerprint density at radius 2 is 1.96 bits per heavy atom. The van der Waals surface area contributed by atoms with Crippen LogP contribution in [0.2, 0.25) is 5.15 Å². The molecule has 0 saturated heterocycles. The minimum atomic E-state index is 0.643. The second kappa shape index (κ2) is 8.34. The topological polar surface area (TPSA) is 43.4 Å². The standard InChI is InChI=1S/C19H22ClN3O2/c1-15-18(19(20)23(21-15)16-7-4-3-5-8-16)14-22(10-12-24-2)13-17-9-6-11-25-17/h3-9,11H,10,12-14H2,1-2H3. The van der Waals surface area contributed by atoms with Gasteiger partial charge in [0.25, 0.3) is 0 Å². The predicted molar refractivity (Wildman–Crippen MR) is 98.0 cm³/mol. The molecule has 0 amide bonds. The Kier molecular flexibility index (Phi) is 5.91. The number of nitrogens with zero attached hydrogens (tertiary/aromatic N) is 3. The lowest BCUT2D eigenvalue weighted by Gasteiger charge is -2.20. The maximum absolute atomic E-state index is 6.64. The molecule has 3 rings (SSSR count). The monoisotopic (exact) mass is 359 g/mol. The summed E-state index contributed by atoms with van der Waals surface area (Å²) < 4.78 is 12.5. The molecule has 0 unspecified atom stereocenters. The van der Waals surface area contributed by atoms with Crippen LogP contribution in [0.4, 0.5) is 0 Å². The van der Waals surface area contributed by atoms with Crippen LogP contribution in [0, 0.1) is 6.92 Å². The molecule has 6 heteroatoms. The van der Waals surface area contributed by atoms with Gasteiger partial charge in [0.1, 0.15) is 10.9 Å². The van der Waals surface area contributed by atoms with Crippen LogP contribution in [0.3, 0.4) is 0 Å². The second-order valence-electron chi connectivity index (χ2n) is 5.88. The molecular weight excluding hydrogens is 338 g/mol. The third-order valence-electron chi connectivity index (χ3n) is 4.08. The van der Waals surface area contributed by atoms with Crippen LogP contribution in [0.1, 0.15) is 17.0 Å². The molecule has 0 saturated carbocycles. The second-order valence-corrected chi connectivity index (χ2v) is 6.24. The molecule has 0 radical (unpaired) electrons. The summed E-state index contributed by atoms with van der Waals surface area (Å²) in [4.78, 5) is 2.24. The first-order valence-corrected chi connectivity index (χ1v) is 8.60. The summed E-state index contributed by atoms with van der Waals surface area (Å²) in [6, 6.07) is 13.8. The number of para-hydroxylation sites is 1. The molecule has 0 atom stereocenters. The Morgan fingerprint density at radius 1 is 1.16 bits per heavy atom. The first-order valence-electron chi connectivity index (χ1n) is 8.22. The van der Waals surface area contributed by atoms with E-state index in [2.05, 4.69) is 10.00 Å². The number of hydrogen-bond donors (Lipinski definition) is 0. The van der Waals surface area contributed by atoms with Crippen LogP contribution in [0.5, 0.6) is 0 Å². The van der Waals surface area contributed by atoms with Gasteiger partial charge in [0.05, 0.1) is 30.8 Å². The quantitative estimate of drug-likeness (QED) is 0.608. The molecule has 0 aliphatic heterocycles. The number of rotatable bonds is 8. The Balaban J connectivity index is 1.82. The number of aryl methyl sites for hydroxylation is 1. The van der Waals surface area contributed by atoms with Crippen molar-refractivity contribution < 1.29 is 9.15 Å². The van der Waals surface area contributed by atoms with Crippen molar-refractivity contribution in [2.24, 2.45) is 0 Å². The third-order valence-corrected chi connectivity index (χ3v) is 4.46. The van der Waals surface area contributed by atoms with Crippen molar-refractivity contribution in [3.05, 3.63) is 70.9 Å². The van der Waals surface area contributed by atoms with Gasteiger partial charge >= 0.3 is 0 Å². The summed E-state index contributed by atoms with van der Waals surface area (Å²) in [6.45, 7) is 4.79. The molecule has 0 fully saturated rings. The van der Waals surface area contributed by atoms with Gasteiger partial charge in [-0.2, -0.15) is 5.10 Å². The van der Waals surface area contributed by atoms with Crippen LogP contribution >= 0.6 is 11.6 Å². The number of ether oxygens (including phenoxy) is 1. The van der Waals surface area contributed by atoms with Crippen molar-refractivity contribution in [1.29, 1.82) is 0 Å². The van der Waals surface area contributed by atoms with Crippen LogP contribution in [-0.4, -0.2) is 34.9 Å². The maximum Gasteiger partial charge on any atom is 0.137 e. The number of furan rings is 1. The van der Waals surface area contributed by atoms with Gasteiger partial charge in [-0.05, 0) is 31.2 Å². The van der Waals surface area contributed by atoms with Gasteiger partial charge in [0.15, 0.2) is 0 Å². The Morgan fingerprint density at radius 3 is 2.64 bits per heavy atom. The van der Waals surface area contributed by atoms with Crippen molar-refractivity contribution in [3.63, 3.8) is 0 Å². The lowest BCUT2D eigenvalue weighted by Crippen LogP contribution is -2.26. The van der Waals surface area contributed by atoms with E-state index in [4.69, 9.17) is 20.8 Å². The first kappa shape index (κ1) is 17.7. The van der Waals surface area contributed by atoms with Crippen molar-refractivity contribution in [2.45, 2.75) is 20.0 Å². The largest absolute Gasteiger partial charge is 0.468 e. The molecule has 0 N–H and O–H groups in total. The van der Waals surface area contributed by atoms with Gasteiger partial charge in [-0.1, -0.05) is 29.8 Å². The summed E-state index contributed by atoms with van der Waals surface area (Å²) >= 11 is 6.64. The van der Waals surface area contributed by atoms with Crippen molar-refractivity contribution in [3.8, 4) is 5.69 Å². The van der Waals surface area contributed by atoms with E-state index < -0.39 is 0 Å². The van der Waals surface area contributed by atoms with E-state index in [1.165, 1.54) is 0 Å². The smallest absolute Gasteiger partial charge is 0.137 e. The Hall–Kier alpha value is -2.08. The summed E-state index contributed by atoms with van der Waals surface area (Å²) in [6.07, 6.45) is 1.69. The average molecular weight is 360 g/mol. The van der Waals surface area contributed by atoms with E-state index in [1.807, 2.05) is 49.4 Å². The van der Waals surface area contributed by atoms with E-state index in [9.17, 15) is 0 Å². The average Bonchev–Trinajstić information content (AvgIpc) is 3.23. The van der Waals surface area contributed by atoms with E-state index >= 15 is 0 Å². The van der Waals surface area contributed by atoms with Crippen LogP contribution in [-0.2, 0) is 17.8 Å². The number of halogens is 1. The van der Waals surface area contributed by atoms with Crippen molar-refractivity contribution in [2.75, 3.05) is 20.3 Å². The highest BCUT2D eigenvalue weighted by molar-refractivity contribution is 6.30. The molecule has 5 nitrogen and oxygen atoms in total. The predicted octanol–water partition coefficient (Wildman–Crippen LogP) is 4.08. The Labute approximate surface area is 152 Å².